The first kappa shape index (κ1) is 21.9. The predicted molar refractivity (Wildman–Crippen MR) is 126 cm³/mol. The molecule has 3 aliphatic heterocycles. The highest BCUT2D eigenvalue weighted by Gasteiger charge is 2.55. The van der Waals surface area contributed by atoms with Crippen LogP contribution in [0.5, 0.6) is 0 Å². The maximum atomic E-state index is 13.1. The third-order valence-corrected chi connectivity index (χ3v) is 7.25. The lowest BCUT2D eigenvalue weighted by molar-refractivity contribution is -0.544. The van der Waals surface area contributed by atoms with Crippen molar-refractivity contribution in [1.29, 1.82) is 0 Å². The van der Waals surface area contributed by atoms with Gasteiger partial charge in [0.05, 0.1) is 19.6 Å². The molecule has 3 amide bonds. The van der Waals surface area contributed by atoms with E-state index in [0.717, 1.165) is 49.8 Å². The van der Waals surface area contributed by atoms with Gasteiger partial charge in [0.2, 0.25) is 11.9 Å². The molecule has 1 aromatic heterocycles. The topological polar surface area (TPSA) is 88.5 Å². The number of piperazine rings is 1. The second-order valence-corrected chi connectivity index (χ2v) is 9.37. The number of hydrogen-bond acceptors (Lipinski definition) is 6. The lowest BCUT2D eigenvalue weighted by Crippen LogP contribution is -2.63. The van der Waals surface area contributed by atoms with Crippen LogP contribution < -0.4 is 0 Å². The van der Waals surface area contributed by atoms with E-state index in [1.54, 1.807) is 7.05 Å². The number of likely N-dealkylation sites (N-methyl/N-ethyl adjacent to an activating group) is 3. The van der Waals surface area contributed by atoms with Crippen LogP contribution in [0, 0.1) is 0 Å². The summed E-state index contributed by atoms with van der Waals surface area (Å²) in [5.41, 5.74) is 1.59. The van der Waals surface area contributed by atoms with Gasteiger partial charge in [-0.05, 0) is 18.7 Å². The lowest BCUT2D eigenvalue weighted by atomic mass is 10.1. The van der Waals surface area contributed by atoms with Crippen molar-refractivity contribution in [3.63, 3.8) is 0 Å². The summed E-state index contributed by atoms with van der Waals surface area (Å²) in [7, 11) is 3.21. The van der Waals surface area contributed by atoms with Crippen molar-refractivity contribution in [2.24, 2.45) is 4.99 Å². The fourth-order valence-electron chi connectivity index (χ4n) is 4.48. The van der Waals surface area contributed by atoms with E-state index in [0.29, 0.717) is 23.4 Å². The van der Waals surface area contributed by atoms with Crippen molar-refractivity contribution in [1.82, 2.24) is 24.6 Å². The number of aliphatic imine (C=N–C) groups is 1. The number of rotatable bonds is 5. The van der Waals surface area contributed by atoms with Crippen LogP contribution in [0.2, 0.25) is 0 Å². The van der Waals surface area contributed by atoms with E-state index in [1.165, 1.54) is 28.6 Å². The number of amides is 3. The van der Waals surface area contributed by atoms with Gasteiger partial charge in [0.1, 0.15) is 5.52 Å². The number of carbonyl (C=O) groups is 2. The molecule has 3 aliphatic rings. The number of aromatic nitrogens is 1. The molecule has 174 valence electrons. The Morgan fingerprint density at radius 3 is 2.64 bits per heavy atom. The number of carbonyl (C=O) groups excluding carboxylic acids is 2. The SMILES string of the molecule is CCN1CC[N+](=C2N=C3C(C(=O)N(C)C(=O)N3C)N2CCSc2nc3ccccc3o2)CC1. The third kappa shape index (κ3) is 3.89. The Morgan fingerprint density at radius 1 is 1.15 bits per heavy atom. The van der Waals surface area contributed by atoms with E-state index < -0.39 is 6.04 Å². The van der Waals surface area contributed by atoms with Crippen LogP contribution in [0.25, 0.3) is 11.1 Å². The standard InChI is InChI=1S/C22H28N7O3S/c1-4-27-9-11-28(12-10-27)20-24-18-17(19(30)26(3)22(31)25(18)2)29(20)13-14-33-21-23-15-7-5-6-8-16(15)32-21/h5-8,17H,4,9-14H2,1-3H3/q+1. The molecule has 0 aliphatic carbocycles. The number of nitrogens with zero attached hydrogens (tertiary/aromatic N) is 7. The van der Waals surface area contributed by atoms with Crippen LogP contribution in [0.3, 0.4) is 0 Å². The van der Waals surface area contributed by atoms with Crippen molar-refractivity contribution < 1.29 is 18.6 Å². The minimum absolute atomic E-state index is 0.245. The summed E-state index contributed by atoms with van der Waals surface area (Å²) < 4.78 is 8.06. The van der Waals surface area contributed by atoms with E-state index in [-0.39, 0.29) is 11.9 Å². The number of imide groups is 1. The summed E-state index contributed by atoms with van der Waals surface area (Å²) in [5, 5.41) is 0.606. The molecule has 0 bridgehead atoms. The zero-order chi connectivity index (χ0) is 23.1. The third-order valence-electron chi connectivity index (χ3n) is 6.44. The van der Waals surface area contributed by atoms with E-state index in [4.69, 9.17) is 9.41 Å². The van der Waals surface area contributed by atoms with Gasteiger partial charge in [-0.3, -0.25) is 24.1 Å². The highest BCUT2D eigenvalue weighted by atomic mass is 32.2. The van der Waals surface area contributed by atoms with Gasteiger partial charge in [-0.15, -0.1) is 0 Å². The average molecular weight is 471 g/mol. The fraction of sp³-hybridized carbons (Fsp3) is 0.500. The Morgan fingerprint density at radius 2 is 1.91 bits per heavy atom. The maximum absolute atomic E-state index is 13.1. The van der Waals surface area contributed by atoms with Gasteiger partial charge in [-0.1, -0.05) is 35.8 Å². The van der Waals surface area contributed by atoms with E-state index in [1.807, 2.05) is 29.2 Å². The molecule has 5 rings (SSSR count). The number of hydrogen-bond donors (Lipinski definition) is 0. The Kier molecular flexibility index (Phi) is 5.83. The van der Waals surface area contributed by atoms with Crippen LogP contribution >= 0.6 is 11.8 Å². The molecular weight excluding hydrogens is 442 g/mol. The Bertz CT molecular complexity index is 1120. The van der Waals surface area contributed by atoms with Gasteiger partial charge in [-0.2, -0.15) is 0 Å². The van der Waals surface area contributed by atoms with Crippen LogP contribution in [0.15, 0.2) is 38.9 Å². The summed E-state index contributed by atoms with van der Waals surface area (Å²) >= 11 is 1.51. The summed E-state index contributed by atoms with van der Waals surface area (Å²) in [6.07, 6.45) is 0. The number of thioether (sulfide) groups is 1. The van der Waals surface area contributed by atoms with Gasteiger partial charge >= 0.3 is 12.0 Å². The molecule has 11 heteroatoms. The summed E-state index contributed by atoms with van der Waals surface area (Å²) in [4.78, 5) is 42.1. The van der Waals surface area contributed by atoms with Gasteiger partial charge in [0, 0.05) is 32.9 Å². The largest absolute Gasteiger partial charge is 0.431 e. The molecule has 1 unspecified atom stereocenters. The number of oxazole rings is 1. The van der Waals surface area contributed by atoms with Crippen LogP contribution in [0.1, 0.15) is 6.92 Å². The van der Waals surface area contributed by atoms with Crippen molar-refractivity contribution in [2.75, 3.05) is 59.1 Å². The number of para-hydroxylation sites is 2. The monoisotopic (exact) mass is 470 g/mol. The zero-order valence-corrected chi connectivity index (χ0v) is 19.9. The average Bonchev–Trinajstić information content (AvgIpc) is 3.43. The molecule has 1 atom stereocenters. The number of fused-ring (bicyclic) bond motifs is 2. The highest BCUT2D eigenvalue weighted by molar-refractivity contribution is 7.99. The van der Waals surface area contributed by atoms with Gasteiger partial charge < -0.3 is 4.42 Å². The number of amidine groups is 1. The second kappa shape index (κ2) is 8.79. The Balaban J connectivity index is 1.39. The van der Waals surface area contributed by atoms with Crippen molar-refractivity contribution in [3.8, 4) is 0 Å². The summed E-state index contributed by atoms with van der Waals surface area (Å²) in [6.45, 7) is 7.33. The molecule has 0 spiro atoms. The van der Waals surface area contributed by atoms with E-state index in [2.05, 4.69) is 21.4 Å². The quantitative estimate of drug-likeness (QED) is 0.480. The molecule has 0 saturated carbocycles. The lowest BCUT2D eigenvalue weighted by Gasteiger charge is -2.33. The van der Waals surface area contributed by atoms with Crippen molar-refractivity contribution in [3.05, 3.63) is 24.3 Å². The normalized spacial score (nSPS) is 22.0. The van der Waals surface area contributed by atoms with Crippen LogP contribution in [-0.4, -0.2) is 118 Å². The first-order chi connectivity index (χ1) is 16.0. The summed E-state index contributed by atoms with van der Waals surface area (Å²) in [6, 6.07) is 6.74. The molecule has 0 N–H and O–H groups in total. The van der Waals surface area contributed by atoms with Gasteiger partial charge in [-0.25, -0.2) is 14.7 Å². The molecule has 1 aromatic carbocycles. The molecule has 33 heavy (non-hydrogen) atoms. The first-order valence-corrected chi connectivity index (χ1v) is 12.2. The van der Waals surface area contributed by atoms with Crippen molar-refractivity contribution >= 4 is 46.6 Å². The first-order valence-electron chi connectivity index (χ1n) is 11.2. The predicted octanol–water partition coefficient (Wildman–Crippen LogP) is 1.23. The Hall–Kier alpha value is -2.92. The van der Waals surface area contributed by atoms with Gasteiger partial charge in [0.15, 0.2) is 5.58 Å². The molecule has 2 aromatic rings. The molecule has 4 heterocycles. The minimum Gasteiger partial charge on any atom is -0.431 e. The van der Waals surface area contributed by atoms with Crippen LogP contribution in [0.4, 0.5) is 4.79 Å². The van der Waals surface area contributed by atoms with Gasteiger partial charge in [0.25, 0.3) is 11.1 Å². The smallest absolute Gasteiger partial charge is 0.392 e. The Labute approximate surface area is 196 Å². The number of urea groups is 1. The number of guanidine groups is 1. The summed E-state index contributed by atoms with van der Waals surface area (Å²) in [5.74, 6) is 1.69. The minimum atomic E-state index is -0.596. The molecule has 2 fully saturated rings. The zero-order valence-electron chi connectivity index (χ0n) is 19.1. The van der Waals surface area contributed by atoms with Crippen LogP contribution in [-0.2, 0) is 4.79 Å². The molecule has 0 radical (unpaired) electrons. The molecule has 2 saturated heterocycles. The second-order valence-electron chi connectivity index (χ2n) is 8.32. The van der Waals surface area contributed by atoms with Crippen molar-refractivity contribution in [2.45, 2.75) is 18.2 Å². The molecule has 10 nitrogen and oxygen atoms in total. The molecular formula is C22H28N7O3S+. The van der Waals surface area contributed by atoms with E-state index in [9.17, 15) is 9.59 Å². The van der Waals surface area contributed by atoms with E-state index >= 15 is 0 Å². The maximum Gasteiger partial charge on any atom is 0.392 e. The highest BCUT2D eigenvalue weighted by Crippen LogP contribution is 2.26. The number of benzene rings is 1. The fourth-order valence-corrected chi connectivity index (χ4v) is 5.25.